The predicted molar refractivity (Wildman–Crippen MR) is 52.5 cm³/mol. The Bertz CT molecular complexity index is 507. The zero-order chi connectivity index (χ0) is 11.5. The first kappa shape index (κ1) is 10.3. The molecule has 0 aliphatic rings. The summed E-state index contributed by atoms with van der Waals surface area (Å²) in [7, 11) is 0. The first-order valence-corrected chi connectivity index (χ1v) is 4.51. The number of carboxylic acid groups (broad SMARTS) is 1. The molecule has 0 fully saturated rings. The van der Waals surface area contributed by atoms with Crippen molar-refractivity contribution < 1.29 is 14.3 Å². The summed E-state index contributed by atoms with van der Waals surface area (Å²) in [4.78, 5) is 14.1. The minimum absolute atomic E-state index is 0.120. The maximum Gasteiger partial charge on any atom is 0.338 e. The van der Waals surface area contributed by atoms with Crippen molar-refractivity contribution in [1.82, 2.24) is 14.8 Å². The molecule has 0 unspecified atom stereocenters. The van der Waals surface area contributed by atoms with E-state index in [-0.39, 0.29) is 5.56 Å². The molecule has 0 aliphatic carbocycles. The van der Waals surface area contributed by atoms with Crippen LogP contribution < -0.4 is 0 Å². The van der Waals surface area contributed by atoms with Crippen molar-refractivity contribution in [2.24, 2.45) is 0 Å². The third-order valence-corrected chi connectivity index (χ3v) is 2.01. The monoisotopic (exact) mass is 221 g/mol. The lowest BCUT2D eigenvalue weighted by Crippen LogP contribution is -2.01. The quantitative estimate of drug-likeness (QED) is 0.790. The molecule has 0 bridgehead atoms. The lowest BCUT2D eigenvalue weighted by molar-refractivity contribution is 0.0697. The highest BCUT2D eigenvalue weighted by Gasteiger charge is 2.06. The van der Waals surface area contributed by atoms with Crippen LogP contribution in [0.1, 0.15) is 15.9 Å². The van der Waals surface area contributed by atoms with Gasteiger partial charge in [-0.15, -0.1) is 0 Å². The van der Waals surface area contributed by atoms with Crippen molar-refractivity contribution in [3.05, 3.63) is 47.8 Å². The van der Waals surface area contributed by atoms with Crippen molar-refractivity contribution in [3.8, 4) is 0 Å². The van der Waals surface area contributed by atoms with Crippen LogP contribution in [0.5, 0.6) is 0 Å². The molecule has 0 atom stereocenters. The molecule has 16 heavy (non-hydrogen) atoms. The van der Waals surface area contributed by atoms with E-state index in [0.29, 0.717) is 6.54 Å². The van der Waals surface area contributed by atoms with E-state index in [0.717, 1.165) is 5.56 Å². The van der Waals surface area contributed by atoms with Crippen LogP contribution in [0.4, 0.5) is 4.39 Å². The van der Waals surface area contributed by atoms with Gasteiger partial charge in [0.1, 0.15) is 0 Å². The Balaban J connectivity index is 2.14. The van der Waals surface area contributed by atoms with Crippen LogP contribution in [-0.4, -0.2) is 25.8 Å². The Hall–Kier alpha value is -2.24. The van der Waals surface area contributed by atoms with E-state index in [9.17, 15) is 9.18 Å². The number of aromatic carboxylic acids is 1. The van der Waals surface area contributed by atoms with Crippen LogP contribution in [0.25, 0.3) is 0 Å². The zero-order valence-corrected chi connectivity index (χ0v) is 8.17. The fraction of sp³-hybridized carbons (Fsp3) is 0.100. The fourth-order valence-corrected chi connectivity index (χ4v) is 1.25. The van der Waals surface area contributed by atoms with E-state index < -0.39 is 11.9 Å². The normalized spacial score (nSPS) is 10.3. The van der Waals surface area contributed by atoms with E-state index in [1.54, 1.807) is 6.07 Å². The summed E-state index contributed by atoms with van der Waals surface area (Å²) in [6.07, 6.45) is 4.06. The number of pyridine rings is 1. The maximum absolute atomic E-state index is 12.5. The number of aromatic nitrogens is 3. The Morgan fingerprint density at radius 1 is 1.44 bits per heavy atom. The second-order valence-electron chi connectivity index (χ2n) is 3.22. The van der Waals surface area contributed by atoms with Gasteiger partial charge in [0, 0.05) is 12.4 Å². The highest BCUT2D eigenvalue weighted by Crippen LogP contribution is 2.03. The van der Waals surface area contributed by atoms with Crippen molar-refractivity contribution in [3.63, 3.8) is 0 Å². The first-order valence-electron chi connectivity index (χ1n) is 4.51. The van der Waals surface area contributed by atoms with E-state index in [4.69, 9.17) is 5.11 Å². The number of nitrogens with zero attached hydrogens (tertiary/aromatic N) is 3. The fourth-order valence-electron chi connectivity index (χ4n) is 1.25. The Morgan fingerprint density at radius 2 is 2.25 bits per heavy atom. The third kappa shape index (κ3) is 2.22. The maximum atomic E-state index is 12.5. The average Bonchev–Trinajstić information content (AvgIpc) is 2.70. The molecule has 0 radical (unpaired) electrons. The summed E-state index contributed by atoms with van der Waals surface area (Å²) in [5.41, 5.74) is 0.872. The standard InChI is InChI=1S/C10H8FN3O2/c11-9-2-1-7(3-12-9)5-14-6-8(4-13-14)10(15)16/h1-4,6H,5H2,(H,15,16). The Morgan fingerprint density at radius 3 is 2.81 bits per heavy atom. The van der Waals surface area contributed by atoms with E-state index in [2.05, 4.69) is 10.1 Å². The second-order valence-corrected chi connectivity index (χ2v) is 3.22. The van der Waals surface area contributed by atoms with Crippen LogP contribution in [0, 0.1) is 5.95 Å². The molecule has 0 saturated heterocycles. The van der Waals surface area contributed by atoms with Crippen molar-refractivity contribution in [2.45, 2.75) is 6.54 Å². The van der Waals surface area contributed by atoms with Gasteiger partial charge in [-0.25, -0.2) is 9.78 Å². The van der Waals surface area contributed by atoms with Gasteiger partial charge in [-0.2, -0.15) is 9.49 Å². The smallest absolute Gasteiger partial charge is 0.338 e. The largest absolute Gasteiger partial charge is 0.478 e. The van der Waals surface area contributed by atoms with Gasteiger partial charge < -0.3 is 5.11 Å². The summed E-state index contributed by atoms with van der Waals surface area (Å²) in [5.74, 6) is -1.57. The molecule has 2 heterocycles. The minimum atomic E-state index is -1.02. The van der Waals surface area contributed by atoms with Gasteiger partial charge in [0.15, 0.2) is 0 Å². The molecule has 0 aliphatic heterocycles. The molecule has 0 amide bonds. The molecule has 5 nitrogen and oxygen atoms in total. The van der Waals surface area contributed by atoms with Gasteiger partial charge >= 0.3 is 5.97 Å². The van der Waals surface area contributed by atoms with Crippen LogP contribution in [0.2, 0.25) is 0 Å². The van der Waals surface area contributed by atoms with Crippen LogP contribution in [0.15, 0.2) is 30.7 Å². The molecule has 2 rings (SSSR count). The molecule has 82 valence electrons. The van der Waals surface area contributed by atoms with E-state index in [1.165, 1.54) is 29.3 Å². The molecule has 0 saturated carbocycles. The van der Waals surface area contributed by atoms with E-state index in [1.807, 2.05) is 0 Å². The lowest BCUT2D eigenvalue weighted by Gasteiger charge is -2.00. The summed E-state index contributed by atoms with van der Waals surface area (Å²) in [6, 6.07) is 2.82. The van der Waals surface area contributed by atoms with Crippen LogP contribution in [-0.2, 0) is 6.54 Å². The van der Waals surface area contributed by atoms with Gasteiger partial charge in [0.05, 0.1) is 18.3 Å². The van der Waals surface area contributed by atoms with Gasteiger partial charge in [-0.05, 0) is 11.6 Å². The Kier molecular flexibility index (Phi) is 2.63. The van der Waals surface area contributed by atoms with Crippen molar-refractivity contribution in [1.29, 1.82) is 0 Å². The number of carbonyl (C=O) groups is 1. The summed E-state index contributed by atoms with van der Waals surface area (Å²) in [6.45, 7) is 0.362. The molecule has 6 heteroatoms. The van der Waals surface area contributed by atoms with Gasteiger partial charge in [-0.1, -0.05) is 6.07 Å². The summed E-state index contributed by atoms with van der Waals surface area (Å²) >= 11 is 0. The molecule has 2 aromatic heterocycles. The van der Waals surface area contributed by atoms with Crippen molar-refractivity contribution >= 4 is 5.97 Å². The van der Waals surface area contributed by atoms with Gasteiger partial charge in [-0.3, -0.25) is 4.68 Å². The number of carboxylic acids is 1. The molecule has 1 N–H and O–H groups in total. The number of halogens is 1. The Labute approximate surface area is 90.2 Å². The van der Waals surface area contributed by atoms with Crippen LogP contribution in [0.3, 0.4) is 0 Å². The number of hydrogen-bond acceptors (Lipinski definition) is 3. The molecule has 2 aromatic rings. The molecular formula is C10H8FN3O2. The highest BCUT2D eigenvalue weighted by molar-refractivity contribution is 5.86. The average molecular weight is 221 g/mol. The minimum Gasteiger partial charge on any atom is -0.478 e. The summed E-state index contributed by atoms with van der Waals surface area (Å²) in [5, 5.41) is 12.6. The SMILES string of the molecule is O=C(O)c1cnn(Cc2ccc(F)nc2)c1. The van der Waals surface area contributed by atoms with Crippen molar-refractivity contribution in [2.75, 3.05) is 0 Å². The summed E-state index contributed by atoms with van der Waals surface area (Å²) < 4.78 is 14.0. The number of rotatable bonds is 3. The lowest BCUT2D eigenvalue weighted by atomic mass is 10.3. The third-order valence-electron chi connectivity index (χ3n) is 2.01. The molecule has 0 spiro atoms. The predicted octanol–water partition coefficient (Wildman–Crippen LogP) is 1.16. The van der Waals surface area contributed by atoms with Gasteiger partial charge in [0.2, 0.25) is 5.95 Å². The second kappa shape index (κ2) is 4.09. The molecule has 0 aromatic carbocycles. The van der Waals surface area contributed by atoms with Gasteiger partial charge in [0.25, 0.3) is 0 Å². The molecular weight excluding hydrogens is 213 g/mol. The first-order chi connectivity index (χ1) is 7.65. The van der Waals surface area contributed by atoms with E-state index >= 15 is 0 Å². The highest BCUT2D eigenvalue weighted by atomic mass is 19.1. The van der Waals surface area contributed by atoms with Crippen LogP contribution >= 0.6 is 0 Å². The number of hydrogen-bond donors (Lipinski definition) is 1. The topological polar surface area (TPSA) is 68.0 Å². The zero-order valence-electron chi connectivity index (χ0n) is 8.17.